The molecule has 5 aromatic heterocycles. The molecule has 12 nitrogen and oxygen atoms in total. The zero-order valence-electron chi connectivity index (χ0n) is 39.1. The number of carbonyl (C=O) groups excluding carboxylic acids is 1. The number of amides is 1. The Labute approximate surface area is 370 Å². The summed E-state index contributed by atoms with van der Waals surface area (Å²) in [5.74, 6) is 2.69. The number of aromatic nitrogens is 5. The molecule has 0 unspecified atom stereocenters. The van der Waals surface area contributed by atoms with Crippen molar-refractivity contribution in [1.82, 2.24) is 30.3 Å². The lowest BCUT2D eigenvalue weighted by atomic mass is 10.5. The van der Waals surface area contributed by atoms with Gasteiger partial charge in [0.05, 0.1) is 0 Å². The Hall–Kier alpha value is -5.30. The number of rotatable bonds is 0. The maximum Gasteiger partial charge on any atom is 0.300 e. The van der Waals surface area contributed by atoms with Crippen molar-refractivity contribution in [2.45, 2.75) is 104 Å². The fraction of sp³-hybridized carbons (Fsp3) is 0.378. The average molecular weight is 871 g/mol. The molecule has 14 heteroatoms. The largest absolute Gasteiger partial charge is 0.481 e. The van der Waals surface area contributed by atoms with Crippen LogP contribution in [0.25, 0.3) is 0 Å². The minimum absolute atomic E-state index is 0.218. The summed E-state index contributed by atoms with van der Waals surface area (Å²) in [4.78, 5) is 46.5. The van der Waals surface area contributed by atoms with E-state index in [2.05, 4.69) is 54.0 Å². The number of nitrogens with one attached hydrogen (secondary N) is 1. The molecule has 5 heterocycles. The summed E-state index contributed by atoms with van der Waals surface area (Å²) in [6.07, 6.45) is 20.4. The van der Waals surface area contributed by atoms with Gasteiger partial charge in [0.1, 0.15) is 0 Å². The highest BCUT2D eigenvalue weighted by Crippen LogP contribution is 1.76. The number of carboxylic acid groups (broad SMARTS) is 2. The first-order chi connectivity index (χ1) is 28.7. The van der Waals surface area contributed by atoms with Crippen molar-refractivity contribution < 1.29 is 24.6 Å². The molecule has 0 bridgehead atoms. The zero-order valence-corrected chi connectivity index (χ0v) is 40.6. The van der Waals surface area contributed by atoms with E-state index in [0.29, 0.717) is 0 Å². The Morgan fingerprint density at radius 3 is 0.458 bits per heavy atom. The summed E-state index contributed by atoms with van der Waals surface area (Å²) in [6, 6.07) is 28.6. The van der Waals surface area contributed by atoms with Crippen molar-refractivity contribution in [3.05, 3.63) is 153 Å². The van der Waals surface area contributed by atoms with Gasteiger partial charge >= 0.3 is 0 Å². The second kappa shape index (κ2) is 117. The van der Waals surface area contributed by atoms with E-state index < -0.39 is 11.9 Å². The van der Waals surface area contributed by atoms with Gasteiger partial charge in [-0.2, -0.15) is 0 Å². The number of hydrogen-bond donors (Lipinski definition) is 4. The lowest BCUT2D eigenvalue weighted by molar-refractivity contribution is -0.135. The summed E-state index contributed by atoms with van der Waals surface area (Å²) in [5, 5.41) is 14.8. The molecule has 0 fully saturated rings. The number of nitrogens with two attached hydrogens (primary N) is 1. The molecule has 59 heavy (non-hydrogen) atoms. The second-order valence-corrected chi connectivity index (χ2v) is 6.86. The predicted molar refractivity (Wildman–Crippen MR) is 257 cm³/mol. The molecule has 5 rings (SSSR count). The molecule has 0 saturated carbocycles. The first-order valence-corrected chi connectivity index (χ1v) is 20.6. The maximum absolute atomic E-state index is 9.58. The molecule has 0 aliphatic heterocycles. The number of halogens is 2. The minimum atomic E-state index is -0.833. The number of hydrazine groups is 1. The van der Waals surface area contributed by atoms with Gasteiger partial charge in [-0.05, 0) is 60.7 Å². The molecule has 0 radical (unpaired) electrons. The number of carbonyl (C=O) groups is 3. The molecule has 0 aromatic carbocycles. The van der Waals surface area contributed by atoms with Crippen molar-refractivity contribution >= 4 is 41.0 Å². The van der Waals surface area contributed by atoms with Crippen LogP contribution >= 0.6 is 23.2 Å². The van der Waals surface area contributed by atoms with E-state index in [1.165, 1.54) is 19.7 Å². The van der Waals surface area contributed by atoms with Gasteiger partial charge in [-0.1, -0.05) is 113 Å². The number of pyridine rings is 5. The van der Waals surface area contributed by atoms with Crippen LogP contribution in [0, 0.1) is 0 Å². The van der Waals surface area contributed by atoms with Crippen LogP contribution in [0.1, 0.15) is 104 Å². The minimum Gasteiger partial charge on any atom is -0.481 e. The van der Waals surface area contributed by atoms with E-state index in [-0.39, 0.29) is 5.91 Å². The average Bonchev–Trinajstić information content (AvgIpc) is 3.35. The van der Waals surface area contributed by atoms with Gasteiger partial charge < -0.3 is 10.2 Å². The third-order valence-electron chi connectivity index (χ3n) is 3.04. The van der Waals surface area contributed by atoms with E-state index >= 15 is 0 Å². The summed E-state index contributed by atoms with van der Waals surface area (Å²) >= 11 is 9.28. The highest BCUT2D eigenvalue weighted by Gasteiger charge is 1.73. The van der Waals surface area contributed by atoms with Crippen LogP contribution in [0.5, 0.6) is 0 Å². The molecule has 0 spiro atoms. The molecule has 1 amide bonds. The topological polar surface area (TPSA) is 194 Å². The van der Waals surface area contributed by atoms with Crippen LogP contribution in [0.15, 0.2) is 153 Å². The van der Waals surface area contributed by atoms with Crippen LogP contribution in [0.3, 0.4) is 0 Å². The van der Waals surface area contributed by atoms with Crippen molar-refractivity contribution in [3.8, 4) is 0 Å². The van der Waals surface area contributed by atoms with Crippen LogP contribution in [0.2, 0.25) is 0 Å². The Morgan fingerprint density at radius 2 is 0.441 bits per heavy atom. The quantitative estimate of drug-likeness (QED) is 0.0500. The van der Waals surface area contributed by atoms with Gasteiger partial charge in [0.15, 0.2) is 0 Å². The van der Waals surface area contributed by atoms with Gasteiger partial charge in [-0.15, -0.1) is 23.2 Å². The van der Waals surface area contributed by atoms with E-state index in [4.69, 9.17) is 19.8 Å². The summed E-state index contributed by atoms with van der Waals surface area (Å²) in [6.45, 7) is 27.5. The van der Waals surface area contributed by atoms with Gasteiger partial charge in [0.25, 0.3) is 11.9 Å². The lowest BCUT2D eigenvalue weighted by Gasteiger charge is -1.80. The molecular weight excluding hydrogens is 789 g/mol. The van der Waals surface area contributed by atoms with Crippen molar-refractivity contribution in [3.63, 3.8) is 0 Å². The van der Waals surface area contributed by atoms with Crippen molar-refractivity contribution in [2.24, 2.45) is 5.84 Å². The van der Waals surface area contributed by atoms with Crippen molar-refractivity contribution in [1.29, 1.82) is 0 Å². The number of alkyl halides is 2. The number of hydrogen-bond acceptors (Lipinski definition) is 9. The molecular formula is C45H81Cl2N7O5. The van der Waals surface area contributed by atoms with Crippen LogP contribution in [0.4, 0.5) is 0 Å². The Kier molecular flexibility index (Phi) is 162. The lowest BCUT2D eigenvalue weighted by Crippen LogP contribution is -2.26. The smallest absolute Gasteiger partial charge is 0.300 e. The van der Waals surface area contributed by atoms with Gasteiger partial charge in [0.2, 0.25) is 5.91 Å². The third kappa shape index (κ3) is 190. The first-order valence-electron chi connectivity index (χ1n) is 19.1. The number of nitrogens with zero attached hydrogens (tertiary/aromatic N) is 5. The molecule has 0 atom stereocenters. The first kappa shape index (κ1) is 81.8. The van der Waals surface area contributed by atoms with Gasteiger partial charge in [-0.3, -0.25) is 44.7 Å². The molecule has 5 aromatic rings. The van der Waals surface area contributed by atoms with Crippen LogP contribution in [-0.2, 0) is 14.4 Å². The van der Waals surface area contributed by atoms with E-state index in [9.17, 15) is 4.79 Å². The van der Waals surface area contributed by atoms with E-state index in [0.717, 1.165) is 13.8 Å². The Balaban J connectivity index is -0.0000000474. The summed E-state index contributed by atoms with van der Waals surface area (Å²) in [7, 11) is 0. The predicted octanol–water partition coefficient (Wildman–Crippen LogP) is 12.5. The normalized spacial score (nSPS) is 6.31. The maximum atomic E-state index is 9.58. The third-order valence-corrected chi connectivity index (χ3v) is 3.04. The molecule has 0 aliphatic rings. The standard InChI is InChI=1S/5C5H5N.C2H6N2O.2C2H4O2.6C2H6.2CH3Cl/c5*1-2-4-6-5-3-1;1-2(5)4-3;2*1-2(3)4;8*1-2/h5*1-5H;3H2,1H3,(H,4,5);2*1H3,(H,3,4);6*1-2H3;2*1H3. The molecule has 0 aliphatic carbocycles. The summed E-state index contributed by atoms with van der Waals surface area (Å²) < 4.78 is 0. The van der Waals surface area contributed by atoms with Crippen LogP contribution < -0.4 is 11.3 Å². The second-order valence-electron chi connectivity index (χ2n) is 6.86. The number of aliphatic carboxylic acids is 2. The van der Waals surface area contributed by atoms with Gasteiger partial charge in [-0.25, -0.2) is 5.84 Å². The Morgan fingerprint density at radius 1 is 0.356 bits per heavy atom. The van der Waals surface area contributed by atoms with Gasteiger partial charge in [0, 0.05) is 95.5 Å². The van der Waals surface area contributed by atoms with Crippen LogP contribution in [-0.4, -0.2) is 65.7 Å². The SMILES string of the molecule is CC.CC.CC.CC.CC.CC.CC(=O)NN.CC(=O)O.CC(=O)O.CCl.CCl.c1ccncc1.c1ccncc1.c1ccncc1.c1ccncc1.c1ccncc1. The number of carboxylic acids is 2. The van der Waals surface area contributed by atoms with E-state index in [1.54, 1.807) is 62.0 Å². The molecule has 5 N–H and O–H groups in total. The monoisotopic (exact) mass is 870 g/mol. The molecule has 340 valence electrons. The fourth-order valence-corrected chi connectivity index (χ4v) is 1.56. The zero-order chi connectivity index (χ0) is 48.7. The summed E-state index contributed by atoms with van der Waals surface area (Å²) in [5.41, 5.74) is 1.89. The van der Waals surface area contributed by atoms with E-state index in [1.807, 2.05) is 180 Å². The highest BCUT2D eigenvalue weighted by atomic mass is 35.5. The highest BCUT2D eigenvalue weighted by molar-refractivity contribution is 6.15. The van der Waals surface area contributed by atoms with Crippen molar-refractivity contribution in [2.75, 3.05) is 12.8 Å². The fourth-order valence-electron chi connectivity index (χ4n) is 1.56. The Bertz CT molecular complexity index is 878. The molecule has 0 saturated heterocycles.